The molecule has 4 nitrogen and oxygen atoms in total. The molecule has 0 bridgehead atoms. The Morgan fingerprint density at radius 3 is 2.42 bits per heavy atom. The van der Waals surface area contributed by atoms with E-state index in [4.69, 9.17) is 33.3 Å². The van der Waals surface area contributed by atoms with Crippen LogP contribution in [0.3, 0.4) is 0 Å². The highest BCUT2D eigenvalue weighted by molar-refractivity contribution is 6.33. The second kappa shape index (κ2) is 5.79. The average molecular weight is 295 g/mol. The highest BCUT2D eigenvalue weighted by atomic mass is 35.5. The minimum absolute atomic E-state index is 0.240. The first-order valence-electron chi connectivity index (χ1n) is 5.44. The summed E-state index contributed by atoms with van der Waals surface area (Å²) in [4.78, 5) is 3.10. The van der Waals surface area contributed by atoms with Crippen molar-refractivity contribution in [3.63, 3.8) is 0 Å². The molecule has 2 aromatic rings. The molecule has 0 atom stereocenters. The third kappa shape index (κ3) is 3.08. The number of halogens is 2. The molecule has 0 fully saturated rings. The van der Waals surface area contributed by atoms with Gasteiger partial charge in [0.25, 0.3) is 0 Å². The van der Waals surface area contributed by atoms with Gasteiger partial charge in [0.15, 0.2) is 10.7 Å². The molecule has 0 saturated carbocycles. The van der Waals surface area contributed by atoms with Gasteiger partial charge in [0.05, 0.1) is 11.8 Å². The van der Waals surface area contributed by atoms with Gasteiger partial charge in [-0.3, -0.25) is 0 Å². The number of anilines is 1. The molecule has 0 heterocycles. The largest absolute Gasteiger partial charge is 0.455 e. The topological polar surface area (TPSA) is 49.4 Å². The van der Waals surface area contributed by atoms with E-state index < -0.39 is 0 Å². The van der Waals surface area contributed by atoms with E-state index in [1.807, 2.05) is 0 Å². The monoisotopic (exact) mass is 294 g/mol. The third-order valence-corrected chi connectivity index (χ3v) is 3.02. The average Bonchev–Trinajstić information content (AvgIpc) is 2.42. The second-order valence-electron chi connectivity index (χ2n) is 3.71. The SMILES string of the molecule is CNc1cc(Cl)c([N+]#N)cc1Oc1ccc(Cl)cc1. The first-order chi connectivity index (χ1) is 9.13. The highest BCUT2D eigenvalue weighted by Gasteiger charge is 2.18. The summed E-state index contributed by atoms with van der Waals surface area (Å²) in [6.07, 6.45) is 0. The van der Waals surface area contributed by atoms with Crippen molar-refractivity contribution in [2.24, 2.45) is 0 Å². The van der Waals surface area contributed by atoms with Crippen molar-refractivity contribution >= 4 is 34.6 Å². The molecule has 1 N–H and O–H groups in total. The van der Waals surface area contributed by atoms with Gasteiger partial charge in [-0.1, -0.05) is 23.2 Å². The highest BCUT2D eigenvalue weighted by Crippen LogP contribution is 2.38. The van der Waals surface area contributed by atoms with Gasteiger partial charge in [0.2, 0.25) is 5.39 Å². The van der Waals surface area contributed by atoms with Crippen molar-refractivity contribution in [1.82, 2.24) is 0 Å². The summed E-state index contributed by atoms with van der Waals surface area (Å²) in [7, 11) is 1.75. The Morgan fingerprint density at radius 2 is 1.84 bits per heavy atom. The molecule has 0 aliphatic carbocycles. The van der Waals surface area contributed by atoms with Gasteiger partial charge in [-0.25, -0.2) is 0 Å². The first kappa shape index (κ1) is 13.5. The minimum Gasteiger partial charge on any atom is -0.455 e. The maximum atomic E-state index is 8.86. The molecule has 19 heavy (non-hydrogen) atoms. The fraction of sp³-hybridized carbons (Fsp3) is 0.0769. The molecular formula is C13H10Cl2N3O+. The van der Waals surface area contributed by atoms with Gasteiger partial charge in [0.1, 0.15) is 10.8 Å². The second-order valence-corrected chi connectivity index (χ2v) is 4.55. The number of benzene rings is 2. The Hall–Kier alpha value is -1.96. The van der Waals surface area contributed by atoms with E-state index in [-0.39, 0.29) is 5.69 Å². The van der Waals surface area contributed by atoms with E-state index in [0.29, 0.717) is 27.2 Å². The van der Waals surface area contributed by atoms with E-state index in [1.54, 1.807) is 43.4 Å². The van der Waals surface area contributed by atoms with Crippen LogP contribution in [-0.2, 0) is 0 Å². The van der Waals surface area contributed by atoms with Gasteiger partial charge >= 0.3 is 5.69 Å². The lowest BCUT2D eigenvalue weighted by Crippen LogP contribution is -1.93. The maximum Gasteiger partial charge on any atom is 0.407 e. The van der Waals surface area contributed by atoms with Gasteiger partial charge in [-0.2, -0.15) is 0 Å². The van der Waals surface area contributed by atoms with Gasteiger partial charge in [-0.05, 0) is 30.3 Å². The van der Waals surface area contributed by atoms with Crippen molar-refractivity contribution in [2.45, 2.75) is 0 Å². The van der Waals surface area contributed by atoms with E-state index in [2.05, 4.69) is 10.3 Å². The fourth-order valence-electron chi connectivity index (χ4n) is 1.53. The first-order valence-corrected chi connectivity index (χ1v) is 6.19. The Bertz CT molecular complexity index is 636. The predicted octanol–water partition coefficient (Wildman–Crippen LogP) is 5.31. The van der Waals surface area contributed by atoms with Crippen LogP contribution in [0.15, 0.2) is 36.4 Å². The summed E-state index contributed by atoms with van der Waals surface area (Å²) in [5.41, 5.74) is 0.928. The normalized spacial score (nSPS) is 9.79. The van der Waals surface area contributed by atoms with Crippen LogP contribution in [0, 0.1) is 5.39 Å². The van der Waals surface area contributed by atoms with Crippen LogP contribution < -0.4 is 10.1 Å². The lowest BCUT2D eigenvalue weighted by atomic mass is 10.2. The van der Waals surface area contributed by atoms with Crippen molar-refractivity contribution in [1.29, 1.82) is 5.39 Å². The van der Waals surface area contributed by atoms with E-state index >= 15 is 0 Å². The van der Waals surface area contributed by atoms with Crippen LogP contribution in [0.5, 0.6) is 11.5 Å². The lowest BCUT2D eigenvalue weighted by molar-refractivity contribution is 0.485. The minimum atomic E-state index is 0.240. The predicted molar refractivity (Wildman–Crippen MR) is 77.3 cm³/mol. The Labute approximate surface area is 120 Å². The molecule has 0 aliphatic rings. The fourth-order valence-corrected chi connectivity index (χ4v) is 1.86. The summed E-state index contributed by atoms with van der Waals surface area (Å²) >= 11 is 11.7. The Balaban J connectivity index is 2.38. The van der Waals surface area contributed by atoms with Crippen LogP contribution in [0.1, 0.15) is 0 Å². The number of ether oxygens (including phenoxy) is 1. The molecule has 0 saturated heterocycles. The summed E-state index contributed by atoms with van der Waals surface area (Å²) in [6, 6.07) is 10.1. The number of hydrogen-bond donors (Lipinski definition) is 1. The zero-order valence-corrected chi connectivity index (χ0v) is 11.5. The van der Waals surface area contributed by atoms with E-state index in [9.17, 15) is 0 Å². The van der Waals surface area contributed by atoms with Crippen molar-refractivity contribution in [2.75, 3.05) is 12.4 Å². The molecule has 2 aromatic carbocycles. The van der Waals surface area contributed by atoms with Crippen LogP contribution >= 0.6 is 23.2 Å². The molecule has 0 radical (unpaired) electrons. The molecule has 0 spiro atoms. The molecule has 0 aromatic heterocycles. The number of hydrogen-bond acceptors (Lipinski definition) is 3. The van der Waals surface area contributed by atoms with Crippen molar-refractivity contribution < 1.29 is 4.74 Å². The maximum absolute atomic E-state index is 8.86. The standard InChI is InChI=1S/C13H10Cl2N3O/c1-17-12-6-10(15)11(18-16)7-13(12)19-9-4-2-8(14)3-5-9/h2-7,17H,1H3/q+1. The molecular weight excluding hydrogens is 285 g/mol. The van der Waals surface area contributed by atoms with Crippen LogP contribution in [0.2, 0.25) is 10.0 Å². The molecule has 0 amide bonds. The quantitative estimate of drug-likeness (QED) is 0.780. The summed E-state index contributed by atoms with van der Waals surface area (Å²) in [6.45, 7) is 0. The van der Waals surface area contributed by atoms with Gasteiger partial charge in [0, 0.05) is 12.1 Å². The third-order valence-electron chi connectivity index (χ3n) is 2.47. The van der Waals surface area contributed by atoms with Gasteiger partial charge in [-0.15, -0.1) is 0 Å². The van der Waals surface area contributed by atoms with Crippen LogP contribution in [0.4, 0.5) is 11.4 Å². The Morgan fingerprint density at radius 1 is 1.16 bits per heavy atom. The van der Waals surface area contributed by atoms with Crippen molar-refractivity contribution in [3.05, 3.63) is 51.4 Å². The Kier molecular flexibility index (Phi) is 4.10. The molecule has 6 heteroatoms. The molecule has 0 unspecified atom stereocenters. The smallest absolute Gasteiger partial charge is 0.407 e. The molecule has 96 valence electrons. The summed E-state index contributed by atoms with van der Waals surface area (Å²) in [5.74, 6) is 1.12. The van der Waals surface area contributed by atoms with Crippen LogP contribution in [-0.4, -0.2) is 7.05 Å². The lowest BCUT2D eigenvalue weighted by Gasteiger charge is -2.10. The molecule has 0 aliphatic heterocycles. The van der Waals surface area contributed by atoms with Crippen molar-refractivity contribution in [3.8, 4) is 11.5 Å². The zero-order valence-electron chi connectivity index (χ0n) is 10.0. The summed E-state index contributed by atoms with van der Waals surface area (Å²) in [5, 5.41) is 12.8. The number of nitrogens with zero attached hydrogens (tertiary/aromatic N) is 2. The van der Waals surface area contributed by atoms with Crippen LogP contribution in [0.25, 0.3) is 4.98 Å². The number of diazo groups is 1. The zero-order chi connectivity index (χ0) is 13.8. The number of rotatable bonds is 3. The van der Waals surface area contributed by atoms with E-state index in [1.165, 1.54) is 0 Å². The summed E-state index contributed by atoms with van der Waals surface area (Å²) < 4.78 is 5.70. The molecule has 2 rings (SSSR count). The van der Waals surface area contributed by atoms with E-state index in [0.717, 1.165) is 0 Å². The number of nitrogens with one attached hydrogen (secondary N) is 1. The van der Waals surface area contributed by atoms with Gasteiger partial charge < -0.3 is 10.1 Å².